The molecule has 2 aromatic heterocycles. The zero-order valence-corrected chi connectivity index (χ0v) is 14.0. The maximum Gasteiger partial charge on any atom is 0.225 e. The summed E-state index contributed by atoms with van der Waals surface area (Å²) < 4.78 is 0.895. The summed E-state index contributed by atoms with van der Waals surface area (Å²) in [4.78, 5) is 17.9. The Balaban J connectivity index is 1.52. The highest BCUT2D eigenvalue weighted by atomic mass is 79.9. The molecule has 2 unspecified atom stereocenters. The molecular formula is C16H15BrN6. The van der Waals surface area contributed by atoms with Crippen molar-refractivity contribution < 1.29 is 0 Å². The summed E-state index contributed by atoms with van der Waals surface area (Å²) in [6, 6.07) is 6.29. The number of nitriles is 1. The summed E-state index contributed by atoms with van der Waals surface area (Å²) >= 11 is 3.38. The van der Waals surface area contributed by atoms with Gasteiger partial charge in [0.2, 0.25) is 5.95 Å². The van der Waals surface area contributed by atoms with E-state index in [1.807, 2.05) is 12.1 Å². The Labute approximate surface area is 142 Å². The van der Waals surface area contributed by atoms with Crippen LogP contribution in [0.5, 0.6) is 0 Å². The molecule has 2 saturated heterocycles. The molecule has 2 aliphatic heterocycles. The summed E-state index contributed by atoms with van der Waals surface area (Å²) in [7, 11) is 0. The fourth-order valence-electron chi connectivity index (χ4n) is 3.49. The van der Waals surface area contributed by atoms with Gasteiger partial charge >= 0.3 is 0 Å². The summed E-state index contributed by atoms with van der Waals surface area (Å²) in [5, 5.41) is 8.88. The van der Waals surface area contributed by atoms with E-state index in [2.05, 4.69) is 46.8 Å². The monoisotopic (exact) mass is 370 g/mol. The zero-order valence-electron chi connectivity index (χ0n) is 12.4. The molecule has 2 aliphatic rings. The number of pyridine rings is 1. The van der Waals surface area contributed by atoms with Gasteiger partial charge in [-0.15, -0.1) is 0 Å². The average Bonchev–Trinajstić information content (AvgIpc) is 3.16. The number of fused-ring (bicyclic) bond motifs is 1. The Kier molecular flexibility index (Phi) is 3.62. The molecule has 0 saturated carbocycles. The van der Waals surface area contributed by atoms with Gasteiger partial charge < -0.3 is 9.80 Å². The fraction of sp³-hybridized carbons (Fsp3) is 0.375. The Morgan fingerprint density at radius 1 is 1.13 bits per heavy atom. The van der Waals surface area contributed by atoms with Gasteiger partial charge in [0.1, 0.15) is 11.9 Å². The predicted octanol–water partition coefficient (Wildman–Crippen LogP) is 2.22. The van der Waals surface area contributed by atoms with Gasteiger partial charge in [0.15, 0.2) is 0 Å². The highest BCUT2D eigenvalue weighted by Crippen LogP contribution is 2.35. The van der Waals surface area contributed by atoms with Crippen LogP contribution >= 0.6 is 15.9 Å². The average molecular weight is 371 g/mol. The van der Waals surface area contributed by atoms with E-state index in [9.17, 15) is 0 Å². The zero-order chi connectivity index (χ0) is 15.8. The van der Waals surface area contributed by atoms with Gasteiger partial charge in [-0.05, 0) is 34.5 Å². The van der Waals surface area contributed by atoms with Crippen LogP contribution in [0.3, 0.4) is 0 Å². The maximum absolute atomic E-state index is 8.88. The van der Waals surface area contributed by atoms with E-state index >= 15 is 0 Å². The Bertz CT molecular complexity index is 739. The van der Waals surface area contributed by atoms with E-state index in [0.29, 0.717) is 17.5 Å². The summed E-state index contributed by atoms with van der Waals surface area (Å²) in [5.41, 5.74) is 0.595. The third kappa shape index (κ3) is 2.63. The molecule has 7 heteroatoms. The quantitative estimate of drug-likeness (QED) is 0.807. The number of hydrogen-bond donors (Lipinski definition) is 0. The molecule has 2 aromatic rings. The first-order chi connectivity index (χ1) is 11.2. The van der Waals surface area contributed by atoms with Gasteiger partial charge in [-0.3, -0.25) is 0 Å². The fourth-order valence-corrected chi connectivity index (χ4v) is 3.69. The normalized spacial score (nSPS) is 23.0. The Hall–Kier alpha value is -2.20. The van der Waals surface area contributed by atoms with Gasteiger partial charge in [0.25, 0.3) is 0 Å². The van der Waals surface area contributed by atoms with Crippen molar-refractivity contribution >= 4 is 27.7 Å². The predicted molar refractivity (Wildman–Crippen MR) is 90.1 cm³/mol. The number of anilines is 2. The van der Waals surface area contributed by atoms with Crippen LogP contribution in [0.25, 0.3) is 0 Å². The van der Waals surface area contributed by atoms with Crippen molar-refractivity contribution in [2.24, 2.45) is 5.92 Å². The molecule has 2 atom stereocenters. The first-order valence-corrected chi connectivity index (χ1v) is 8.39. The minimum atomic E-state index is 0.425. The van der Waals surface area contributed by atoms with Gasteiger partial charge in [-0.1, -0.05) is 0 Å². The van der Waals surface area contributed by atoms with Crippen LogP contribution < -0.4 is 9.80 Å². The molecule has 0 aromatic carbocycles. The number of rotatable bonds is 2. The Morgan fingerprint density at radius 3 is 2.65 bits per heavy atom. The van der Waals surface area contributed by atoms with Crippen molar-refractivity contribution in [1.29, 1.82) is 5.26 Å². The molecule has 116 valence electrons. The van der Waals surface area contributed by atoms with Crippen LogP contribution in [-0.4, -0.2) is 40.6 Å². The van der Waals surface area contributed by atoms with Crippen molar-refractivity contribution in [2.75, 3.05) is 29.4 Å². The second-order valence-corrected chi connectivity index (χ2v) is 6.85. The number of aromatic nitrogens is 3. The van der Waals surface area contributed by atoms with E-state index < -0.39 is 0 Å². The highest BCUT2D eigenvalue weighted by Gasteiger charge is 2.42. The lowest BCUT2D eigenvalue weighted by Gasteiger charge is -2.25. The Morgan fingerprint density at radius 2 is 1.96 bits per heavy atom. The summed E-state index contributed by atoms with van der Waals surface area (Å²) in [5.74, 6) is 2.35. The molecule has 0 spiro atoms. The van der Waals surface area contributed by atoms with E-state index in [1.54, 1.807) is 18.6 Å². The van der Waals surface area contributed by atoms with Crippen LogP contribution in [0.15, 0.2) is 35.2 Å². The van der Waals surface area contributed by atoms with Crippen LogP contribution in [0.4, 0.5) is 11.8 Å². The van der Waals surface area contributed by atoms with Crippen LogP contribution in [0, 0.1) is 17.2 Å². The smallest absolute Gasteiger partial charge is 0.225 e. The summed E-state index contributed by atoms with van der Waals surface area (Å²) in [6.45, 7) is 2.92. The van der Waals surface area contributed by atoms with Crippen molar-refractivity contribution in [3.8, 4) is 6.07 Å². The largest absolute Gasteiger partial charge is 0.354 e. The molecule has 0 bridgehead atoms. The molecule has 6 nitrogen and oxygen atoms in total. The maximum atomic E-state index is 8.88. The first-order valence-electron chi connectivity index (χ1n) is 7.60. The lowest BCUT2D eigenvalue weighted by atomic mass is 10.1. The molecule has 0 radical (unpaired) electrons. The SMILES string of the molecule is N#Cc1ccc(N2CC3CCN(c4ncc(Br)cn4)C3C2)nc1. The third-order valence-corrected chi connectivity index (χ3v) is 5.02. The second-order valence-electron chi connectivity index (χ2n) is 5.93. The molecule has 0 N–H and O–H groups in total. The van der Waals surface area contributed by atoms with Gasteiger partial charge in [0.05, 0.1) is 16.1 Å². The topological polar surface area (TPSA) is 68.9 Å². The molecule has 0 amide bonds. The van der Waals surface area contributed by atoms with Crippen LogP contribution in [-0.2, 0) is 0 Å². The molecular weight excluding hydrogens is 356 g/mol. The van der Waals surface area contributed by atoms with Crippen LogP contribution in [0.1, 0.15) is 12.0 Å². The molecule has 23 heavy (non-hydrogen) atoms. The molecule has 2 fully saturated rings. The minimum absolute atomic E-state index is 0.425. The summed E-state index contributed by atoms with van der Waals surface area (Å²) in [6.07, 6.45) is 6.38. The minimum Gasteiger partial charge on any atom is -0.354 e. The van der Waals surface area contributed by atoms with Gasteiger partial charge in [-0.25, -0.2) is 15.0 Å². The lowest BCUT2D eigenvalue weighted by molar-refractivity contribution is 0.577. The number of halogens is 1. The van der Waals surface area contributed by atoms with Gasteiger partial charge in [-0.2, -0.15) is 5.26 Å². The number of hydrogen-bond acceptors (Lipinski definition) is 6. The molecule has 4 rings (SSSR count). The van der Waals surface area contributed by atoms with Crippen molar-refractivity contribution in [3.05, 3.63) is 40.8 Å². The van der Waals surface area contributed by atoms with E-state index in [-0.39, 0.29) is 0 Å². The van der Waals surface area contributed by atoms with E-state index in [1.165, 1.54) is 0 Å². The lowest BCUT2D eigenvalue weighted by Crippen LogP contribution is -2.36. The van der Waals surface area contributed by atoms with E-state index in [4.69, 9.17) is 5.26 Å². The van der Waals surface area contributed by atoms with Crippen molar-refractivity contribution in [1.82, 2.24) is 15.0 Å². The highest BCUT2D eigenvalue weighted by molar-refractivity contribution is 9.10. The van der Waals surface area contributed by atoms with Gasteiger partial charge in [0, 0.05) is 44.1 Å². The van der Waals surface area contributed by atoms with Crippen LogP contribution in [0.2, 0.25) is 0 Å². The standard InChI is InChI=1S/C16H15BrN6/c17-13-7-20-16(21-8-13)23-4-3-12-9-22(10-14(12)23)15-2-1-11(5-18)6-19-15/h1-2,6-8,12,14H,3-4,9-10H2. The molecule has 0 aliphatic carbocycles. The van der Waals surface area contributed by atoms with Crippen molar-refractivity contribution in [3.63, 3.8) is 0 Å². The third-order valence-electron chi connectivity index (χ3n) is 4.61. The molecule has 4 heterocycles. The first kappa shape index (κ1) is 14.4. The van der Waals surface area contributed by atoms with Crippen molar-refractivity contribution in [2.45, 2.75) is 12.5 Å². The number of nitrogens with zero attached hydrogens (tertiary/aromatic N) is 6. The van der Waals surface area contributed by atoms with E-state index in [0.717, 1.165) is 42.3 Å². The second kappa shape index (κ2) is 5.78.